The van der Waals surface area contributed by atoms with Gasteiger partial charge in [-0.15, -0.1) is 0 Å². The topological polar surface area (TPSA) is 68.2 Å². The molecule has 4 atom stereocenters. The van der Waals surface area contributed by atoms with Gasteiger partial charge in [-0.3, -0.25) is 4.90 Å². The molecule has 164 valence electrons. The van der Waals surface area contributed by atoms with Crippen molar-refractivity contribution in [1.82, 2.24) is 4.90 Å². The number of ether oxygens (including phenoxy) is 3. The third-order valence-corrected chi connectivity index (χ3v) is 6.59. The molecule has 0 radical (unpaired) electrons. The minimum Gasteiger partial charge on any atom is -0.448 e. The van der Waals surface area contributed by atoms with Crippen LogP contribution >= 0.6 is 0 Å². The first-order valence-electron chi connectivity index (χ1n) is 11.1. The first-order chi connectivity index (χ1) is 15.1. The van der Waals surface area contributed by atoms with Gasteiger partial charge in [0.15, 0.2) is 6.29 Å². The third kappa shape index (κ3) is 3.63. The van der Waals surface area contributed by atoms with E-state index in [0.717, 1.165) is 6.42 Å². The number of amides is 1. The first kappa shape index (κ1) is 20.5. The van der Waals surface area contributed by atoms with Crippen LogP contribution in [0.25, 0.3) is 11.1 Å². The van der Waals surface area contributed by atoms with Crippen LogP contribution in [0.5, 0.6) is 0 Å². The molecule has 1 aliphatic carbocycles. The molecule has 0 spiro atoms. The van der Waals surface area contributed by atoms with Crippen molar-refractivity contribution in [1.29, 1.82) is 0 Å². The van der Waals surface area contributed by atoms with E-state index in [0.29, 0.717) is 12.5 Å². The van der Waals surface area contributed by atoms with Crippen LogP contribution in [0.15, 0.2) is 48.5 Å². The molecular formula is C25H29NO5. The lowest BCUT2D eigenvalue weighted by Gasteiger charge is -2.39. The van der Waals surface area contributed by atoms with Crippen molar-refractivity contribution >= 4 is 6.09 Å². The molecule has 0 saturated carbocycles. The van der Waals surface area contributed by atoms with Crippen molar-refractivity contribution in [3.05, 3.63) is 59.7 Å². The highest BCUT2D eigenvalue weighted by molar-refractivity contribution is 5.79. The average molecular weight is 424 g/mol. The summed E-state index contributed by atoms with van der Waals surface area (Å²) in [6.45, 7) is 4.77. The lowest BCUT2D eigenvalue weighted by atomic mass is 9.98. The maximum Gasteiger partial charge on any atom is 0.410 e. The molecule has 1 amide bonds. The highest BCUT2D eigenvalue weighted by Crippen LogP contribution is 2.44. The van der Waals surface area contributed by atoms with Crippen LogP contribution in [-0.4, -0.2) is 60.4 Å². The average Bonchev–Trinajstić information content (AvgIpc) is 3.29. The summed E-state index contributed by atoms with van der Waals surface area (Å²) in [7, 11) is 0. The molecule has 2 aliphatic heterocycles. The number of aliphatic hydroxyl groups excluding tert-OH is 1. The van der Waals surface area contributed by atoms with E-state index in [9.17, 15) is 9.90 Å². The summed E-state index contributed by atoms with van der Waals surface area (Å²) in [5, 5.41) is 9.60. The van der Waals surface area contributed by atoms with E-state index in [1.807, 2.05) is 24.3 Å². The van der Waals surface area contributed by atoms with Crippen molar-refractivity contribution in [2.24, 2.45) is 5.92 Å². The van der Waals surface area contributed by atoms with Gasteiger partial charge in [-0.25, -0.2) is 4.79 Å². The summed E-state index contributed by atoms with van der Waals surface area (Å²) in [5.74, 6) is 0.393. The number of carbonyl (C=O) groups excluding carboxylic acids is 1. The lowest BCUT2D eigenvalue weighted by Crippen LogP contribution is -2.55. The standard InChI is InChI=1S/C25H29NO5/c1-15(2)11-21-24-30-22(23(13-27)31-24)12-26(21)25(28)29-14-20-18-9-5-3-7-16(18)17-8-4-6-10-19(17)20/h3-10,15,20-24,27H,11-14H2,1-2H3/t21-,22+,23-,24+/m0/s1. The monoisotopic (exact) mass is 423 g/mol. The summed E-state index contributed by atoms with van der Waals surface area (Å²) < 4.78 is 17.7. The zero-order valence-corrected chi connectivity index (χ0v) is 17.9. The molecule has 0 aromatic heterocycles. The van der Waals surface area contributed by atoms with E-state index in [1.54, 1.807) is 4.90 Å². The Balaban J connectivity index is 1.34. The second-order valence-electron chi connectivity index (χ2n) is 9.05. The zero-order chi connectivity index (χ0) is 21.5. The lowest BCUT2D eigenvalue weighted by molar-refractivity contribution is -0.145. The molecule has 2 aromatic rings. The fourth-order valence-corrected chi connectivity index (χ4v) is 5.14. The van der Waals surface area contributed by atoms with Gasteiger partial charge >= 0.3 is 6.09 Å². The van der Waals surface area contributed by atoms with Crippen LogP contribution in [0.3, 0.4) is 0 Å². The van der Waals surface area contributed by atoms with Gasteiger partial charge in [0.05, 0.1) is 19.2 Å². The minimum absolute atomic E-state index is 0.0269. The van der Waals surface area contributed by atoms with Gasteiger partial charge < -0.3 is 19.3 Å². The highest BCUT2D eigenvalue weighted by atomic mass is 16.7. The van der Waals surface area contributed by atoms with Gasteiger partial charge in [0.25, 0.3) is 0 Å². The Kier molecular flexibility index (Phi) is 5.46. The van der Waals surface area contributed by atoms with Gasteiger partial charge in [-0.1, -0.05) is 62.4 Å². The number of rotatable bonds is 5. The summed E-state index contributed by atoms with van der Waals surface area (Å²) in [5.41, 5.74) is 4.81. The largest absolute Gasteiger partial charge is 0.448 e. The van der Waals surface area contributed by atoms with Crippen LogP contribution in [-0.2, 0) is 14.2 Å². The number of morpholine rings is 1. The van der Waals surface area contributed by atoms with Crippen molar-refractivity contribution in [2.75, 3.05) is 19.8 Å². The van der Waals surface area contributed by atoms with Gasteiger partial charge in [0.2, 0.25) is 0 Å². The predicted molar refractivity (Wildman–Crippen MR) is 116 cm³/mol. The number of fused-ring (bicyclic) bond motifs is 5. The second kappa shape index (κ2) is 8.26. The van der Waals surface area contributed by atoms with Gasteiger partial charge in [-0.05, 0) is 34.6 Å². The molecule has 6 nitrogen and oxygen atoms in total. The Hall–Kier alpha value is -2.41. The molecule has 31 heavy (non-hydrogen) atoms. The van der Waals surface area contributed by atoms with Crippen LogP contribution in [0.1, 0.15) is 37.3 Å². The Morgan fingerprint density at radius 2 is 1.74 bits per heavy atom. The molecule has 2 aromatic carbocycles. The normalized spacial score (nSPS) is 26.8. The van der Waals surface area contributed by atoms with Crippen LogP contribution < -0.4 is 0 Å². The van der Waals surface area contributed by atoms with E-state index >= 15 is 0 Å². The van der Waals surface area contributed by atoms with Crippen molar-refractivity contribution in [3.63, 3.8) is 0 Å². The molecule has 2 saturated heterocycles. The molecule has 5 rings (SSSR count). The first-order valence-corrected chi connectivity index (χ1v) is 11.1. The van der Waals surface area contributed by atoms with Gasteiger partial charge in [-0.2, -0.15) is 0 Å². The van der Waals surface area contributed by atoms with E-state index < -0.39 is 12.4 Å². The smallest absolute Gasteiger partial charge is 0.410 e. The maximum atomic E-state index is 13.2. The predicted octanol–water partition coefficient (Wildman–Crippen LogP) is 3.77. The number of aliphatic hydroxyl groups is 1. The van der Waals surface area contributed by atoms with E-state index in [2.05, 4.69) is 38.1 Å². The fourth-order valence-electron chi connectivity index (χ4n) is 5.14. The highest BCUT2D eigenvalue weighted by Gasteiger charge is 2.50. The zero-order valence-electron chi connectivity index (χ0n) is 17.9. The SMILES string of the molecule is CC(C)C[C@H]1[C@H]2O[C@@H](CO)[C@@H](CN1C(=O)OCC1c3ccccc3-c3ccccc31)O2. The van der Waals surface area contributed by atoms with E-state index in [-0.39, 0.29) is 37.4 Å². The van der Waals surface area contributed by atoms with Crippen molar-refractivity contribution < 1.29 is 24.1 Å². The van der Waals surface area contributed by atoms with Gasteiger partial charge in [0, 0.05) is 5.92 Å². The summed E-state index contributed by atoms with van der Waals surface area (Å²) in [6.07, 6.45) is -0.823. The van der Waals surface area contributed by atoms with Crippen molar-refractivity contribution in [3.8, 4) is 11.1 Å². The van der Waals surface area contributed by atoms with Crippen LogP contribution in [0.4, 0.5) is 4.79 Å². The minimum atomic E-state index is -0.515. The van der Waals surface area contributed by atoms with E-state index in [1.165, 1.54) is 22.3 Å². The fraction of sp³-hybridized carbons (Fsp3) is 0.480. The molecule has 6 heteroatoms. The summed E-state index contributed by atoms with van der Waals surface area (Å²) in [4.78, 5) is 15.0. The third-order valence-electron chi connectivity index (χ3n) is 6.59. The molecule has 0 unspecified atom stereocenters. The van der Waals surface area contributed by atoms with Gasteiger partial charge in [0.1, 0.15) is 18.8 Å². The molecule has 2 heterocycles. The Labute approximate surface area is 182 Å². The number of nitrogens with zero attached hydrogens (tertiary/aromatic N) is 1. The van der Waals surface area contributed by atoms with Crippen LogP contribution in [0, 0.1) is 5.92 Å². The Morgan fingerprint density at radius 3 is 2.35 bits per heavy atom. The molecule has 2 bridgehead atoms. The quantitative estimate of drug-likeness (QED) is 0.793. The number of benzene rings is 2. The van der Waals surface area contributed by atoms with E-state index in [4.69, 9.17) is 14.2 Å². The molecule has 1 N–H and O–H groups in total. The number of carbonyl (C=O) groups is 1. The Bertz CT molecular complexity index is 915. The summed E-state index contributed by atoms with van der Waals surface area (Å²) >= 11 is 0. The second-order valence-corrected chi connectivity index (χ2v) is 9.05. The molecular weight excluding hydrogens is 394 g/mol. The number of hydrogen-bond donors (Lipinski definition) is 1. The van der Waals surface area contributed by atoms with Crippen LogP contribution in [0.2, 0.25) is 0 Å². The summed E-state index contributed by atoms with van der Waals surface area (Å²) in [6, 6.07) is 16.4. The number of hydrogen-bond acceptors (Lipinski definition) is 5. The van der Waals surface area contributed by atoms with Crippen molar-refractivity contribution in [2.45, 2.75) is 50.7 Å². The Morgan fingerprint density at radius 1 is 1.10 bits per heavy atom. The maximum absolute atomic E-state index is 13.2. The molecule has 2 fully saturated rings. The molecule has 3 aliphatic rings.